The number of nitrogens with zero attached hydrogens (tertiary/aromatic N) is 1. The molecule has 7 heteroatoms. The maximum absolute atomic E-state index is 12.3. The molecule has 3 aromatic rings. The number of anilines is 1. The lowest BCUT2D eigenvalue weighted by molar-refractivity contribution is 0.102. The molecule has 0 aliphatic rings. The van der Waals surface area contributed by atoms with Crippen LogP contribution in [0, 0.1) is 0 Å². The van der Waals surface area contributed by atoms with Crippen LogP contribution in [0.15, 0.2) is 53.0 Å². The van der Waals surface area contributed by atoms with Gasteiger partial charge in [0.25, 0.3) is 5.91 Å². The van der Waals surface area contributed by atoms with E-state index in [-0.39, 0.29) is 11.3 Å². The van der Waals surface area contributed by atoms with Gasteiger partial charge in [-0.25, -0.2) is 0 Å². The van der Waals surface area contributed by atoms with E-state index in [1.165, 1.54) is 12.1 Å². The summed E-state index contributed by atoms with van der Waals surface area (Å²) in [6, 6.07) is 13.9. The smallest absolute Gasteiger partial charge is 0.260 e. The van der Waals surface area contributed by atoms with Gasteiger partial charge in [-0.2, -0.15) is 5.10 Å². The van der Waals surface area contributed by atoms with E-state index in [2.05, 4.69) is 31.4 Å². The van der Waals surface area contributed by atoms with E-state index in [0.29, 0.717) is 21.7 Å². The number of aromatic amines is 1. The number of aromatic hydroxyl groups is 1. The van der Waals surface area contributed by atoms with Crippen molar-refractivity contribution in [2.45, 2.75) is 0 Å². The number of aromatic nitrogens is 2. The molecule has 1 amide bonds. The molecule has 3 N–H and O–H groups in total. The molecule has 0 spiro atoms. The van der Waals surface area contributed by atoms with Gasteiger partial charge < -0.3 is 15.2 Å². The van der Waals surface area contributed by atoms with Crippen molar-refractivity contribution in [3.63, 3.8) is 0 Å². The highest BCUT2D eigenvalue weighted by Crippen LogP contribution is 2.29. The zero-order chi connectivity index (χ0) is 17.1. The Bertz CT molecular complexity index is 892. The maximum Gasteiger partial charge on any atom is 0.260 e. The van der Waals surface area contributed by atoms with Gasteiger partial charge in [0.2, 0.25) is 0 Å². The van der Waals surface area contributed by atoms with Crippen molar-refractivity contribution in [1.29, 1.82) is 0 Å². The minimum atomic E-state index is -0.446. The summed E-state index contributed by atoms with van der Waals surface area (Å²) in [6.45, 7) is 0. The fourth-order valence-corrected chi connectivity index (χ4v) is 2.62. The number of H-pyrrole nitrogens is 1. The Morgan fingerprint density at radius 2 is 2.04 bits per heavy atom. The molecule has 1 aromatic heterocycles. The molecule has 0 aliphatic carbocycles. The lowest BCUT2D eigenvalue weighted by atomic mass is 10.1. The Kier molecular flexibility index (Phi) is 4.52. The van der Waals surface area contributed by atoms with Crippen LogP contribution in [0.2, 0.25) is 0 Å². The molecule has 2 aromatic carbocycles. The number of rotatable bonds is 4. The molecule has 0 saturated heterocycles. The summed E-state index contributed by atoms with van der Waals surface area (Å²) < 4.78 is 6.00. The van der Waals surface area contributed by atoms with Gasteiger partial charge in [0, 0.05) is 16.1 Å². The van der Waals surface area contributed by atoms with Crippen molar-refractivity contribution in [3.8, 4) is 22.8 Å². The molecule has 0 atom stereocenters. The molecule has 1 heterocycles. The Morgan fingerprint density at radius 1 is 1.25 bits per heavy atom. The van der Waals surface area contributed by atoms with Gasteiger partial charge in [0.1, 0.15) is 11.5 Å². The van der Waals surface area contributed by atoms with Crippen LogP contribution in [0.5, 0.6) is 11.5 Å². The van der Waals surface area contributed by atoms with Crippen LogP contribution >= 0.6 is 15.9 Å². The van der Waals surface area contributed by atoms with Crippen molar-refractivity contribution in [2.24, 2.45) is 0 Å². The van der Waals surface area contributed by atoms with Crippen molar-refractivity contribution < 1.29 is 14.6 Å². The second kappa shape index (κ2) is 6.76. The summed E-state index contributed by atoms with van der Waals surface area (Å²) in [6.07, 6.45) is 0. The number of para-hydroxylation sites is 1. The first-order chi connectivity index (χ1) is 11.6. The molecule has 0 bridgehead atoms. The number of carbonyl (C=O) groups is 1. The van der Waals surface area contributed by atoms with Gasteiger partial charge in [-0.3, -0.25) is 9.89 Å². The number of ether oxygens (including phenoxy) is 1. The summed E-state index contributed by atoms with van der Waals surface area (Å²) in [7, 11) is 1.59. The van der Waals surface area contributed by atoms with Gasteiger partial charge in [0.15, 0.2) is 5.82 Å². The molecule has 3 rings (SSSR count). The van der Waals surface area contributed by atoms with E-state index in [9.17, 15) is 9.90 Å². The molecule has 6 nitrogen and oxygen atoms in total. The normalized spacial score (nSPS) is 10.4. The van der Waals surface area contributed by atoms with Crippen LogP contribution in [0.1, 0.15) is 10.4 Å². The highest BCUT2D eigenvalue weighted by molar-refractivity contribution is 9.10. The lowest BCUT2D eigenvalue weighted by Gasteiger charge is -2.05. The summed E-state index contributed by atoms with van der Waals surface area (Å²) in [5.41, 5.74) is 1.71. The average Bonchev–Trinajstić information content (AvgIpc) is 3.03. The van der Waals surface area contributed by atoms with Crippen molar-refractivity contribution in [1.82, 2.24) is 10.2 Å². The number of phenols is 1. The predicted octanol–water partition coefficient (Wildman–Crippen LogP) is 3.81. The first-order valence-electron chi connectivity index (χ1n) is 7.07. The molecule has 0 unspecified atom stereocenters. The quantitative estimate of drug-likeness (QED) is 0.635. The third-order valence-electron chi connectivity index (χ3n) is 3.42. The number of hydrogen-bond acceptors (Lipinski definition) is 4. The number of methoxy groups -OCH3 is 1. The Morgan fingerprint density at radius 3 is 2.79 bits per heavy atom. The standard InChI is InChI=1S/C17H14BrN3O3/c1-24-15-5-3-2-4-11(15)13-9-16(21-20-13)19-17(23)12-7-6-10(18)8-14(12)22/h2-9,22H,1H3,(H2,19,20,21,23). The number of amides is 1. The number of nitrogens with one attached hydrogen (secondary N) is 2. The molecular weight excluding hydrogens is 374 g/mol. The van der Waals surface area contributed by atoms with Gasteiger partial charge in [0.05, 0.1) is 18.4 Å². The van der Waals surface area contributed by atoms with E-state index in [1.54, 1.807) is 19.2 Å². The van der Waals surface area contributed by atoms with Gasteiger partial charge in [-0.05, 0) is 30.3 Å². The fraction of sp³-hybridized carbons (Fsp3) is 0.0588. The van der Waals surface area contributed by atoms with E-state index in [0.717, 1.165) is 5.56 Å². The molecule has 24 heavy (non-hydrogen) atoms. The number of hydrogen-bond donors (Lipinski definition) is 3. The van der Waals surface area contributed by atoms with Gasteiger partial charge >= 0.3 is 0 Å². The molecule has 0 saturated carbocycles. The molecular formula is C17H14BrN3O3. The van der Waals surface area contributed by atoms with E-state index in [1.807, 2.05) is 24.3 Å². The highest BCUT2D eigenvalue weighted by atomic mass is 79.9. The van der Waals surface area contributed by atoms with Gasteiger partial charge in [-0.1, -0.05) is 28.1 Å². The average molecular weight is 388 g/mol. The molecule has 0 fully saturated rings. The molecule has 0 radical (unpaired) electrons. The first kappa shape index (κ1) is 16.1. The number of carbonyl (C=O) groups excluding carboxylic acids is 1. The maximum atomic E-state index is 12.3. The lowest BCUT2D eigenvalue weighted by Crippen LogP contribution is -2.12. The summed E-state index contributed by atoms with van der Waals surface area (Å²) in [5, 5.41) is 19.4. The second-order valence-electron chi connectivity index (χ2n) is 4.98. The van der Waals surface area contributed by atoms with Crippen LogP contribution in [0.25, 0.3) is 11.3 Å². The topological polar surface area (TPSA) is 87.2 Å². The van der Waals surface area contributed by atoms with Crippen LogP contribution in [0.3, 0.4) is 0 Å². The van der Waals surface area contributed by atoms with Crippen molar-refractivity contribution in [2.75, 3.05) is 12.4 Å². The van der Waals surface area contributed by atoms with Crippen LogP contribution in [0.4, 0.5) is 5.82 Å². The van der Waals surface area contributed by atoms with Crippen LogP contribution in [-0.4, -0.2) is 28.3 Å². The summed E-state index contributed by atoms with van der Waals surface area (Å²) in [5.74, 6) is 0.494. The Labute approximate surface area is 146 Å². The number of halogens is 1. The SMILES string of the molecule is COc1ccccc1-c1cc(NC(=O)c2ccc(Br)cc2O)n[nH]1. The first-order valence-corrected chi connectivity index (χ1v) is 7.86. The largest absolute Gasteiger partial charge is 0.507 e. The third kappa shape index (κ3) is 3.26. The predicted molar refractivity (Wildman–Crippen MR) is 94.3 cm³/mol. The summed E-state index contributed by atoms with van der Waals surface area (Å²) in [4.78, 5) is 12.3. The minimum Gasteiger partial charge on any atom is -0.507 e. The minimum absolute atomic E-state index is 0.109. The highest BCUT2D eigenvalue weighted by Gasteiger charge is 2.14. The van der Waals surface area contributed by atoms with E-state index in [4.69, 9.17) is 4.74 Å². The number of benzene rings is 2. The fourth-order valence-electron chi connectivity index (χ4n) is 2.27. The third-order valence-corrected chi connectivity index (χ3v) is 3.91. The van der Waals surface area contributed by atoms with Crippen molar-refractivity contribution in [3.05, 3.63) is 58.6 Å². The monoisotopic (exact) mass is 387 g/mol. The van der Waals surface area contributed by atoms with Crippen LogP contribution in [-0.2, 0) is 0 Å². The molecule has 0 aliphatic heterocycles. The summed E-state index contributed by atoms with van der Waals surface area (Å²) >= 11 is 3.23. The van der Waals surface area contributed by atoms with Crippen molar-refractivity contribution >= 4 is 27.7 Å². The second-order valence-corrected chi connectivity index (χ2v) is 5.90. The molecule has 122 valence electrons. The zero-order valence-corrected chi connectivity index (χ0v) is 14.3. The van der Waals surface area contributed by atoms with E-state index < -0.39 is 5.91 Å². The number of phenolic OH excluding ortho intramolecular Hbond substituents is 1. The van der Waals surface area contributed by atoms with Crippen LogP contribution < -0.4 is 10.1 Å². The zero-order valence-electron chi connectivity index (χ0n) is 12.7. The Hall–Kier alpha value is -2.80. The van der Waals surface area contributed by atoms with E-state index >= 15 is 0 Å². The Balaban J connectivity index is 1.82. The van der Waals surface area contributed by atoms with Gasteiger partial charge in [-0.15, -0.1) is 0 Å².